The zero-order chi connectivity index (χ0) is 20.1. The maximum Gasteiger partial charge on any atom is 0.187 e. The number of methoxy groups -OCH3 is 1. The second kappa shape index (κ2) is 9.00. The lowest BCUT2D eigenvalue weighted by atomic mass is 9.93. The number of hydrogen-bond acceptors (Lipinski definition) is 4. The molecule has 0 amide bonds. The van der Waals surface area contributed by atoms with Gasteiger partial charge in [-0.2, -0.15) is 0 Å². The number of carbonyl (C=O) groups is 1. The zero-order valence-corrected chi connectivity index (χ0v) is 16.7. The second-order valence-electron chi connectivity index (χ2n) is 7.34. The van der Waals surface area contributed by atoms with Crippen molar-refractivity contribution in [1.82, 2.24) is 4.90 Å². The number of benzene rings is 2. The molecule has 0 spiro atoms. The molecule has 1 fully saturated rings. The Bertz CT molecular complexity index is 808. The molecule has 28 heavy (non-hydrogen) atoms. The Labute approximate surface area is 166 Å². The third-order valence-electron chi connectivity index (χ3n) is 5.02. The van der Waals surface area contributed by atoms with Crippen molar-refractivity contribution >= 4 is 17.9 Å². The van der Waals surface area contributed by atoms with Crippen LogP contribution in [0.1, 0.15) is 30.5 Å². The summed E-state index contributed by atoms with van der Waals surface area (Å²) < 4.78 is 5.21. The minimum Gasteiger partial charge on any atom is -0.497 e. The second-order valence-corrected chi connectivity index (χ2v) is 7.34. The minimum atomic E-state index is 0.0195. The lowest BCUT2D eigenvalue weighted by Gasteiger charge is -2.32. The van der Waals surface area contributed by atoms with Crippen LogP contribution in [0.2, 0.25) is 0 Å². The number of carbonyl (C=O) groups excluding carboxylic acids is 1. The fraction of sp³-hybridized carbons (Fsp3) is 0.292. The van der Waals surface area contributed by atoms with E-state index >= 15 is 0 Å². The first kappa shape index (κ1) is 20.1. The average Bonchev–Trinajstić information content (AvgIpc) is 2.71. The van der Waals surface area contributed by atoms with Gasteiger partial charge in [-0.05, 0) is 54.8 Å². The van der Waals surface area contributed by atoms with E-state index in [9.17, 15) is 9.90 Å². The van der Waals surface area contributed by atoms with Crippen LogP contribution >= 0.6 is 0 Å². The maximum absolute atomic E-state index is 13.1. The van der Waals surface area contributed by atoms with Gasteiger partial charge in [-0.3, -0.25) is 9.69 Å². The summed E-state index contributed by atoms with van der Waals surface area (Å²) in [6.07, 6.45) is 3.93. The molecule has 1 saturated heterocycles. The summed E-state index contributed by atoms with van der Waals surface area (Å²) in [5.74, 6) is 0.895. The number of piperidine rings is 1. The predicted octanol–water partition coefficient (Wildman–Crippen LogP) is 3.95. The van der Waals surface area contributed by atoms with Crippen LogP contribution in [0, 0.1) is 0 Å². The van der Waals surface area contributed by atoms with E-state index in [2.05, 4.69) is 18.7 Å². The van der Waals surface area contributed by atoms with Crippen molar-refractivity contribution in [3.05, 3.63) is 76.4 Å². The van der Waals surface area contributed by atoms with Crippen molar-refractivity contribution in [3.63, 3.8) is 0 Å². The Morgan fingerprint density at radius 1 is 0.964 bits per heavy atom. The van der Waals surface area contributed by atoms with Gasteiger partial charge in [-0.25, -0.2) is 0 Å². The number of aliphatic hydroxyl groups is 1. The van der Waals surface area contributed by atoms with Crippen LogP contribution in [0.5, 0.6) is 5.75 Å². The summed E-state index contributed by atoms with van der Waals surface area (Å²) >= 11 is 0. The molecule has 1 N–H and O–H groups in total. The predicted molar refractivity (Wildman–Crippen MR) is 113 cm³/mol. The standard InChI is InChI=1S/C24H27NO3/c1-17(2)25-14-21(12-18-4-6-20(16-26)7-5-18)24(27)22(15-25)13-19-8-10-23(28-3)11-9-19/h4-13,17,26H,14-16H2,1-3H3/b21-12+,22-13+. The monoisotopic (exact) mass is 377 g/mol. The van der Waals surface area contributed by atoms with Crippen LogP contribution in [0.4, 0.5) is 0 Å². The summed E-state index contributed by atoms with van der Waals surface area (Å²) in [4.78, 5) is 15.4. The van der Waals surface area contributed by atoms with E-state index in [0.29, 0.717) is 19.1 Å². The highest BCUT2D eigenvalue weighted by molar-refractivity contribution is 6.14. The SMILES string of the molecule is COc1ccc(/C=C2\CN(C(C)C)C/C(=C\c3ccc(CO)cc3)C2=O)cc1. The number of hydrogen-bond donors (Lipinski definition) is 1. The third-order valence-corrected chi connectivity index (χ3v) is 5.02. The molecule has 2 aromatic carbocycles. The molecule has 0 aromatic heterocycles. The highest BCUT2D eigenvalue weighted by atomic mass is 16.5. The molecular formula is C24H27NO3. The van der Waals surface area contributed by atoms with Crippen LogP contribution in [-0.2, 0) is 11.4 Å². The summed E-state index contributed by atoms with van der Waals surface area (Å²) in [5, 5.41) is 9.20. The van der Waals surface area contributed by atoms with Gasteiger partial charge in [0.1, 0.15) is 5.75 Å². The van der Waals surface area contributed by atoms with Crippen molar-refractivity contribution in [1.29, 1.82) is 0 Å². The van der Waals surface area contributed by atoms with Crippen LogP contribution in [0.25, 0.3) is 12.2 Å². The molecule has 0 atom stereocenters. The molecule has 1 aliphatic rings. The van der Waals surface area contributed by atoms with Gasteiger partial charge in [0.05, 0.1) is 13.7 Å². The Hall–Kier alpha value is -2.69. The summed E-state index contributed by atoms with van der Waals surface area (Å²) in [6, 6.07) is 15.7. The lowest BCUT2D eigenvalue weighted by molar-refractivity contribution is -0.113. The molecule has 1 aliphatic heterocycles. The Kier molecular flexibility index (Phi) is 6.45. The summed E-state index contributed by atoms with van der Waals surface area (Å²) in [5.41, 5.74) is 4.40. The Morgan fingerprint density at radius 2 is 1.46 bits per heavy atom. The molecule has 4 heteroatoms. The summed E-state index contributed by atoms with van der Waals surface area (Å²) in [7, 11) is 1.64. The first-order valence-electron chi connectivity index (χ1n) is 9.54. The number of nitrogens with zero attached hydrogens (tertiary/aromatic N) is 1. The van der Waals surface area contributed by atoms with Gasteiger partial charge in [0.25, 0.3) is 0 Å². The van der Waals surface area contributed by atoms with Crippen LogP contribution in [0.3, 0.4) is 0 Å². The number of Topliss-reactive ketones (excluding diaryl/α,β-unsaturated/α-hetero) is 1. The molecule has 146 valence electrons. The molecule has 3 rings (SSSR count). The number of ketones is 1. The van der Waals surface area contributed by atoms with Gasteiger partial charge in [0.2, 0.25) is 0 Å². The van der Waals surface area contributed by atoms with E-state index in [4.69, 9.17) is 4.74 Å². The Balaban J connectivity index is 1.92. The van der Waals surface area contributed by atoms with E-state index in [-0.39, 0.29) is 12.4 Å². The van der Waals surface area contributed by atoms with Crippen LogP contribution < -0.4 is 4.74 Å². The molecule has 0 saturated carbocycles. The van der Waals surface area contributed by atoms with E-state index in [1.807, 2.05) is 60.7 Å². The Morgan fingerprint density at radius 3 is 1.89 bits per heavy atom. The van der Waals surface area contributed by atoms with Crippen molar-refractivity contribution in [3.8, 4) is 5.75 Å². The minimum absolute atomic E-state index is 0.0195. The molecule has 0 radical (unpaired) electrons. The molecule has 4 nitrogen and oxygen atoms in total. The van der Waals surface area contributed by atoms with Crippen molar-refractivity contribution in [2.24, 2.45) is 0 Å². The van der Waals surface area contributed by atoms with Gasteiger partial charge in [-0.15, -0.1) is 0 Å². The molecule has 2 aromatic rings. The van der Waals surface area contributed by atoms with Crippen molar-refractivity contribution in [2.75, 3.05) is 20.2 Å². The molecule has 0 aliphatic carbocycles. The van der Waals surface area contributed by atoms with Crippen molar-refractivity contribution in [2.45, 2.75) is 26.5 Å². The van der Waals surface area contributed by atoms with Gasteiger partial charge in [0.15, 0.2) is 5.78 Å². The molecule has 1 heterocycles. The number of rotatable bonds is 5. The number of aliphatic hydroxyl groups excluding tert-OH is 1. The van der Waals surface area contributed by atoms with Crippen LogP contribution in [-0.4, -0.2) is 42.0 Å². The number of ether oxygens (including phenoxy) is 1. The molecule has 0 unspecified atom stereocenters. The third kappa shape index (κ3) is 4.77. The van der Waals surface area contributed by atoms with E-state index in [1.54, 1.807) is 7.11 Å². The fourth-order valence-electron chi connectivity index (χ4n) is 3.25. The zero-order valence-electron chi connectivity index (χ0n) is 16.7. The van der Waals surface area contributed by atoms with Gasteiger partial charge in [0, 0.05) is 30.3 Å². The number of likely N-dealkylation sites (tertiary alicyclic amines) is 1. The summed E-state index contributed by atoms with van der Waals surface area (Å²) in [6.45, 7) is 5.59. The average molecular weight is 377 g/mol. The largest absolute Gasteiger partial charge is 0.497 e. The topological polar surface area (TPSA) is 49.8 Å². The van der Waals surface area contributed by atoms with Crippen LogP contribution in [0.15, 0.2) is 59.7 Å². The van der Waals surface area contributed by atoms with Gasteiger partial charge < -0.3 is 9.84 Å². The maximum atomic E-state index is 13.1. The van der Waals surface area contributed by atoms with E-state index in [1.165, 1.54) is 0 Å². The normalized spacial score (nSPS) is 18.2. The van der Waals surface area contributed by atoms with E-state index < -0.39 is 0 Å². The van der Waals surface area contributed by atoms with Crippen molar-refractivity contribution < 1.29 is 14.6 Å². The highest BCUT2D eigenvalue weighted by Gasteiger charge is 2.27. The first-order valence-corrected chi connectivity index (χ1v) is 9.54. The molecular weight excluding hydrogens is 350 g/mol. The smallest absolute Gasteiger partial charge is 0.187 e. The van der Waals surface area contributed by atoms with E-state index in [0.717, 1.165) is 33.6 Å². The highest BCUT2D eigenvalue weighted by Crippen LogP contribution is 2.24. The molecule has 0 bridgehead atoms. The lowest BCUT2D eigenvalue weighted by Crippen LogP contribution is -2.41. The first-order chi connectivity index (χ1) is 13.5. The van der Waals surface area contributed by atoms with Gasteiger partial charge in [-0.1, -0.05) is 36.4 Å². The van der Waals surface area contributed by atoms with Gasteiger partial charge >= 0.3 is 0 Å². The fourth-order valence-corrected chi connectivity index (χ4v) is 3.25. The quantitative estimate of drug-likeness (QED) is 0.802.